The lowest BCUT2D eigenvalue weighted by atomic mass is 9.98. The van der Waals surface area contributed by atoms with Gasteiger partial charge in [-0.3, -0.25) is 4.79 Å². The molecule has 17 heavy (non-hydrogen) atoms. The summed E-state index contributed by atoms with van der Waals surface area (Å²) < 4.78 is 22.1. The van der Waals surface area contributed by atoms with E-state index in [2.05, 4.69) is 0 Å². The number of nitrogens with zero attached hydrogens (tertiary/aromatic N) is 1. The Morgan fingerprint density at radius 3 is 2.53 bits per heavy atom. The van der Waals surface area contributed by atoms with Crippen LogP contribution in [0.5, 0.6) is 0 Å². The van der Waals surface area contributed by atoms with Crippen LogP contribution >= 0.6 is 0 Å². The Morgan fingerprint density at radius 2 is 2.12 bits per heavy atom. The zero-order chi connectivity index (χ0) is 13.3. The number of hydrogen-bond acceptors (Lipinski definition) is 5. The van der Waals surface area contributed by atoms with Gasteiger partial charge < -0.3 is 16.4 Å². The number of hydrogen-bond donors (Lipinski definition) is 2. The van der Waals surface area contributed by atoms with Crippen molar-refractivity contribution in [3.63, 3.8) is 0 Å². The van der Waals surface area contributed by atoms with E-state index in [9.17, 15) is 13.2 Å². The molecule has 1 fully saturated rings. The van der Waals surface area contributed by atoms with Crippen LogP contribution in [0.3, 0.4) is 0 Å². The summed E-state index contributed by atoms with van der Waals surface area (Å²) in [7, 11) is -1.11. The molecule has 1 aliphatic carbocycles. The number of carbonyl (C=O) groups is 1. The minimum absolute atomic E-state index is 0.119. The van der Waals surface area contributed by atoms with Crippen LogP contribution in [0.15, 0.2) is 0 Å². The van der Waals surface area contributed by atoms with Gasteiger partial charge in [-0.2, -0.15) is 0 Å². The second-order valence-corrected chi connectivity index (χ2v) is 7.29. The van der Waals surface area contributed by atoms with Crippen molar-refractivity contribution in [2.24, 2.45) is 11.5 Å². The van der Waals surface area contributed by atoms with E-state index in [1.165, 1.54) is 6.26 Å². The summed E-state index contributed by atoms with van der Waals surface area (Å²) in [5.74, 6) is -0.356. The SMILES string of the molecule is CN(CCS(C)(=O)=O)C1CCC(N)(C(N)=O)C1. The van der Waals surface area contributed by atoms with Crippen molar-refractivity contribution in [2.45, 2.75) is 30.8 Å². The van der Waals surface area contributed by atoms with Crippen LogP contribution in [0.2, 0.25) is 0 Å². The van der Waals surface area contributed by atoms with Crippen LogP contribution in [0, 0.1) is 0 Å². The fourth-order valence-electron chi connectivity index (χ4n) is 2.14. The lowest BCUT2D eigenvalue weighted by Gasteiger charge is -2.25. The van der Waals surface area contributed by atoms with Crippen LogP contribution in [0.1, 0.15) is 19.3 Å². The fraction of sp³-hybridized carbons (Fsp3) is 0.900. The van der Waals surface area contributed by atoms with Gasteiger partial charge in [-0.05, 0) is 26.3 Å². The average Bonchev–Trinajstić information content (AvgIpc) is 2.58. The van der Waals surface area contributed by atoms with E-state index >= 15 is 0 Å². The largest absolute Gasteiger partial charge is 0.368 e. The number of rotatable bonds is 5. The van der Waals surface area contributed by atoms with Crippen molar-refractivity contribution < 1.29 is 13.2 Å². The highest BCUT2D eigenvalue weighted by molar-refractivity contribution is 7.90. The molecule has 7 heteroatoms. The third kappa shape index (κ3) is 3.93. The summed E-state index contributed by atoms with van der Waals surface area (Å²) in [6, 6.07) is 0.134. The van der Waals surface area contributed by atoms with E-state index in [1.54, 1.807) is 0 Å². The summed E-state index contributed by atoms with van der Waals surface area (Å²) in [6.45, 7) is 0.457. The Bertz CT molecular complexity index is 396. The first-order valence-corrected chi connectivity index (χ1v) is 7.67. The standard InChI is InChI=1S/C10H21N3O3S/c1-13(5-6-17(2,15)16)8-3-4-10(12,7-8)9(11)14/h8H,3-7,12H2,1-2H3,(H2,11,14). The van der Waals surface area contributed by atoms with E-state index in [1.807, 2.05) is 11.9 Å². The Labute approximate surface area is 102 Å². The average molecular weight is 263 g/mol. The van der Waals surface area contributed by atoms with Crippen LogP contribution in [0.4, 0.5) is 0 Å². The second-order valence-electron chi connectivity index (χ2n) is 5.03. The number of amides is 1. The molecule has 0 heterocycles. The van der Waals surface area contributed by atoms with Crippen LogP contribution in [-0.4, -0.2) is 56.4 Å². The van der Waals surface area contributed by atoms with E-state index < -0.39 is 21.3 Å². The zero-order valence-electron chi connectivity index (χ0n) is 10.3. The van der Waals surface area contributed by atoms with Crippen molar-refractivity contribution in [1.29, 1.82) is 0 Å². The van der Waals surface area contributed by atoms with Crippen LogP contribution < -0.4 is 11.5 Å². The molecule has 0 radical (unpaired) electrons. The predicted molar refractivity (Wildman–Crippen MR) is 66.1 cm³/mol. The van der Waals surface area contributed by atoms with Crippen molar-refractivity contribution in [3.8, 4) is 0 Å². The first-order valence-electron chi connectivity index (χ1n) is 5.61. The minimum atomic E-state index is -2.96. The number of nitrogens with two attached hydrogens (primary N) is 2. The van der Waals surface area contributed by atoms with E-state index in [0.717, 1.165) is 6.42 Å². The normalized spacial score (nSPS) is 29.8. The molecule has 100 valence electrons. The number of primary amides is 1. The summed E-state index contributed by atoms with van der Waals surface area (Å²) in [6.07, 6.45) is 3.06. The Morgan fingerprint density at radius 1 is 1.53 bits per heavy atom. The van der Waals surface area contributed by atoms with E-state index in [0.29, 0.717) is 19.4 Å². The molecule has 2 atom stereocenters. The monoisotopic (exact) mass is 263 g/mol. The molecule has 6 nitrogen and oxygen atoms in total. The smallest absolute Gasteiger partial charge is 0.237 e. The van der Waals surface area contributed by atoms with Gasteiger partial charge in [-0.25, -0.2) is 8.42 Å². The summed E-state index contributed by atoms with van der Waals surface area (Å²) in [4.78, 5) is 13.1. The molecule has 0 spiro atoms. The highest BCUT2D eigenvalue weighted by Crippen LogP contribution is 2.30. The third-order valence-electron chi connectivity index (χ3n) is 3.45. The molecule has 0 aliphatic heterocycles. The molecular weight excluding hydrogens is 242 g/mol. The summed E-state index contributed by atoms with van der Waals surface area (Å²) in [5, 5.41) is 0. The molecule has 4 N–H and O–H groups in total. The first-order chi connectivity index (χ1) is 7.64. The predicted octanol–water partition coefficient (Wildman–Crippen LogP) is -1.30. The molecule has 1 amide bonds. The quantitative estimate of drug-likeness (QED) is 0.641. The molecule has 0 aromatic rings. The number of sulfone groups is 1. The van der Waals surface area contributed by atoms with Gasteiger partial charge in [0.05, 0.1) is 11.3 Å². The molecule has 1 rings (SSSR count). The highest BCUT2D eigenvalue weighted by Gasteiger charge is 2.41. The Kier molecular flexibility index (Phi) is 4.16. The molecule has 0 aromatic carbocycles. The van der Waals surface area contributed by atoms with Gasteiger partial charge in [0.1, 0.15) is 9.84 Å². The summed E-state index contributed by atoms with van der Waals surface area (Å²) >= 11 is 0. The lowest BCUT2D eigenvalue weighted by molar-refractivity contribution is -0.123. The highest BCUT2D eigenvalue weighted by atomic mass is 32.2. The van der Waals surface area contributed by atoms with Gasteiger partial charge in [-0.15, -0.1) is 0 Å². The van der Waals surface area contributed by atoms with E-state index in [4.69, 9.17) is 11.5 Å². The lowest BCUT2D eigenvalue weighted by Crippen LogP contribution is -2.51. The van der Waals surface area contributed by atoms with Gasteiger partial charge in [0.2, 0.25) is 5.91 Å². The summed E-state index contributed by atoms with van der Waals surface area (Å²) in [5.41, 5.74) is 10.2. The van der Waals surface area contributed by atoms with Gasteiger partial charge in [0.25, 0.3) is 0 Å². The van der Waals surface area contributed by atoms with Gasteiger partial charge in [0.15, 0.2) is 0 Å². The topological polar surface area (TPSA) is 106 Å². The van der Waals surface area contributed by atoms with E-state index in [-0.39, 0.29) is 11.8 Å². The van der Waals surface area contributed by atoms with Crippen LogP contribution in [0.25, 0.3) is 0 Å². The van der Waals surface area contributed by atoms with Crippen molar-refractivity contribution in [1.82, 2.24) is 4.90 Å². The third-order valence-corrected chi connectivity index (χ3v) is 4.38. The molecule has 0 aromatic heterocycles. The maximum absolute atomic E-state index is 11.2. The maximum Gasteiger partial charge on any atom is 0.237 e. The van der Waals surface area contributed by atoms with Gasteiger partial charge >= 0.3 is 0 Å². The Hall–Kier alpha value is -0.660. The van der Waals surface area contributed by atoms with Gasteiger partial charge in [0, 0.05) is 18.8 Å². The fourth-order valence-corrected chi connectivity index (χ4v) is 2.76. The molecule has 0 bridgehead atoms. The van der Waals surface area contributed by atoms with Gasteiger partial charge in [-0.1, -0.05) is 0 Å². The molecule has 1 aliphatic rings. The second kappa shape index (κ2) is 4.91. The first kappa shape index (κ1) is 14.4. The molecule has 0 saturated heterocycles. The maximum atomic E-state index is 11.2. The van der Waals surface area contributed by atoms with Crippen LogP contribution in [-0.2, 0) is 14.6 Å². The van der Waals surface area contributed by atoms with Crippen molar-refractivity contribution >= 4 is 15.7 Å². The van der Waals surface area contributed by atoms with Crippen molar-refractivity contribution in [2.75, 3.05) is 25.6 Å². The number of carbonyl (C=O) groups excluding carboxylic acids is 1. The molecule has 1 saturated carbocycles. The zero-order valence-corrected chi connectivity index (χ0v) is 11.2. The van der Waals surface area contributed by atoms with Crippen molar-refractivity contribution in [3.05, 3.63) is 0 Å². The molecule has 2 unspecified atom stereocenters. The minimum Gasteiger partial charge on any atom is -0.368 e. The molecular formula is C10H21N3O3S. The Balaban J connectivity index is 2.51.